The van der Waals surface area contributed by atoms with Crippen molar-refractivity contribution in [3.8, 4) is 5.75 Å². The Morgan fingerprint density at radius 3 is 2.33 bits per heavy atom. The van der Waals surface area contributed by atoms with Crippen LogP contribution in [0, 0.1) is 10.1 Å². The number of unbranched alkanes of at least 4 members (excludes halogenated alkanes) is 6. The number of rotatable bonds is 13. The van der Waals surface area contributed by atoms with Crippen LogP contribution in [0.4, 0.5) is 5.69 Å². The zero-order chi connectivity index (χ0) is 17.8. The minimum atomic E-state index is -0.483. The Hall–Kier alpha value is -1.91. The van der Waals surface area contributed by atoms with Gasteiger partial charge in [0.2, 0.25) is 0 Å². The second-order valence-electron chi connectivity index (χ2n) is 6.08. The van der Waals surface area contributed by atoms with Crippen molar-refractivity contribution in [1.29, 1.82) is 0 Å². The van der Waals surface area contributed by atoms with E-state index in [0.29, 0.717) is 18.6 Å². The van der Waals surface area contributed by atoms with Crippen molar-refractivity contribution in [2.75, 3.05) is 6.61 Å². The predicted octanol–water partition coefficient (Wildman–Crippen LogP) is 5.71. The van der Waals surface area contributed by atoms with E-state index in [1.807, 2.05) is 6.92 Å². The molecule has 5 heteroatoms. The van der Waals surface area contributed by atoms with E-state index in [4.69, 9.17) is 4.74 Å². The molecule has 134 valence electrons. The van der Waals surface area contributed by atoms with Crippen LogP contribution in [0.3, 0.4) is 0 Å². The van der Waals surface area contributed by atoms with Crippen molar-refractivity contribution < 1.29 is 14.5 Å². The molecule has 0 aromatic heterocycles. The first kappa shape index (κ1) is 20.1. The van der Waals surface area contributed by atoms with E-state index in [2.05, 4.69) is 6.92 Å². The van der Waals surface area contributed by atoms with E-state index >= 15 is 0 Å². The number of nitrogens with zero attached hydrogens (tertiary/aromatic N) is 1. The third-order valence-corrected chi connectivity index (χ3v) is 3.96. The largest absolute Gasteiger partial charge is 0.487 e. The van der Waals surface area contributed by atoms with Crippen LogP contribution in [0.25, 0.3) is 0 Å². The van der Waals surface area contributed by atoms with Gasteiger partial charge in [0, 0.05) is 18.1 Å². The summed E-state index contributed by atoms with van der Waals surface area (Å²) in [6.07, 6.45) is 9.30. The predicted molar refractivity (Wildman–Crippen MR) is 95.8 cm³/mol. The zero-order valence-corrected chi connectivity index (χ0v) is 14.9. The standard InChI is InChI=1S/C19H29NO4/c1-3-5-6-7-8-9-10-14-24-19-13-12-16(18(21)11-4-2)15-17(19)20(22)23/h12-13,15H,3-11,14H2,1-2H3. The van der Waals surface area contributed by atoms with Crippen molar-refractivity contribution in [2.24, 2.45) is 0 Å². The van der Waals surface area contributed by atoms with Gasteiger partial charge in [-0.3, -0.25) is 14.9 Å². The van der Waals surface area contributed by atoms with Gasteiger partial charge in [-0.2, -0.15) is 0 Å². The molecule has 0 aliphatic rings. The molecule has 0 spiro atoms. The summed E-state index contributed by atoms with van der Waals surface area (Å²) in [5, 5.41) is 11.2. The van der Waals surface area contributed by atoms with Gasteiger partial charge in [0.25, 0.3) is 0 Å². The fraction of sp³-hybridized carbons (Fsp3) is 0.632. The number of carbonyl (C=O) groups is 1. The van der Waals surface area contributed by atoms with E-state index in [9.17, 15) is 14.9 Å². The van der Waals surface area contributed by atoms with E-state index in [-0.39, 0.29) is 17.2 Å². The highest BCUT2D eigenvalue weighted by Gasteiger charge is 2.18. The second-order valence-corrected chi connectivity index (χ2v) is 6.08. The lowest BCUT2D eigenvalue weighted by atomic mass is 10.1. The number of Topliss-reactive ketones (excluding diaryl/α,β-unsaturated/α-hetero) is 1. The lowest BCUT2D eigenvalue weighted by Crippen LogP contribution is -2.04. The fourth-order valence-electron chi connectivity index (χ4n) is 2.57. The average molecular weight is 335 g/mol. The summed E-state index contributed by atoms with van der Waals surface area (Å²) >= 11 is 0. The van der Waals surface area contributed by atoms with Gasteiger partial charge >= 0.3 is 5.69 Å². The van der Waals surface area contributed by atoms with Crippen LogP contribution >= 0.6 is 0 Å². The highest BCUT2D eigenvalue weighted by Crippen LogP contribution is 2.29. The average Bonchev–Trinajstić information content (AvgIpc) is 2.57. The van der Waals surface area contributed by atoms with E-state index in [1.54, 1.807) is 12.1 Å². The van der Waals surface area contributed by atoms with Crippen molar-refractivity contribution in [1.82, 2.24) is 0 Å². The molecule has 0 bridgehead atoms. The van der Waals surface area contributed by atoms with Gasteiger partial charge < -0.3 is 4.74 Å². The summed E-state index contributed by atoms with van der Waals surface area (Å²) in [6.45, 7) is 4.57. The second kappa shape index (κ2) is 11.6. The number of ketones is 1. The van der Waals surface area contributed by atoms with E-state index in [1.165, 1.54) is 38.2 Å². The molecule has 1 aromatic rings. The molecule has 0 unspecified atom stereocenters. The molecule has 0 radical (unpaired) electrons. The highest BCUT2D eigenvalue weighted by atomic mass is 16.6. The van der Waals surface area contributed by atoms with Gasteiger partial charge in [-0.05, 0) is 25.0 Å². The molecule has 0 aliphatic heterocycles. The van der Waals surface area contributed by atoms with Gasteiger partial charge in [-0.25, -0.2) is 0 Å². The molecular formula is C19H29NO4. The number of carbonyl (C=O) groups excluding carboxylic acids is 1. The van der Waals surface area contributed by atoms with Crippen LogP contribution in [0.2, 0.25) is 0 Å². The molecule has 0 saturated heterocycles. The summed E-state index contributed by atoms with van der Waals surface area (Å²) in [6, 6.07) is 4.49. The van der Waals surface area contributed by atoms with Crippen LogP contribution in [-0.4, -0.2) is 17.3 Å². The molecule has 1 rings (SSSR count). The molecule has 0 atom stereocenters. The number of hydrogen-bond acceptors (Lipinski definition) is 4. The lowest BCUT2D eigenvalue weighted by Gasteiger charge is -2.08. The molecule has 0 N–H and O–H groups in total. The van der Waals surface area contributed by atoms with Gasteiger partial charge in [0.15, 0.2) is 11.5 Å². The van der Waals surface area contributed by atoms with Gasteiger partial charge in [0.05, 0.1) is 11.5 Å². The molecule has 1 aromatic carbocycles. The first-order valence-electron chi connectivity index (χ1n) is 9.04. The summed E-state index contributed by atoms with van der Waals surface area (Å²) in [5.41, 5.74) is 0.256. The summed E-state index contributed by atoms with van der Waals surface area (Å²) in [5.74, 6) is 0.179. The molecule has 0 amide bonds. The summed E-state index contributed by atoms with van der Waals surface area (Å²) in [4.78, 5) is 22.6. The monoisotopic (exact) mass is 335 g/mol. The number of hydrogen-bond donors (Lipinski definition) is 0. The van der Waals surface area contributed by atoms with Crippen molar-refractivity contribution in [3.05, 3.63) is 33.9 Å². The Morgan fingerprint density at radius 1 is 1.04 bits per heavy atom. The first-order chi connectivity index (χ1) is 11.6. The van der Waals surface area contributed by atoms with Crippen molar-refractivity contribution in [3.63, 3.8) is 0 Å². The third kappa shape index (κ3) is 7.11. The molecule has 24 heavy (non-hydrogen) atoms. The summed E-state index contributed by atoms with van der Waals surface area (Å²) < 4.78 is 5.57. The van der Waals surface area contributed by atoms with E-state index < -0.39 is 4.92 Å². The van der Waals surface area contributed by atoms with Crippen LogP contribution in [0.1, 0.15) is 82.0 Å². The van der Waals surface area contributed by atoms with Crippen LogP contribution in [0.5, 0.6) is 5.75 Å². The molecule has 0 fully saturated rings. The topological polar surface area (TPSA) is 69.4 Å². The minimum Gasteiger partial charge on any atom is -0.487 e. The van der Waals surface area contributed by atoms with Gasteiger partial charge in [0.1, 0.15) is 0 Å². The maximum absolute atomic E-state index is 11.9. The maximum atomic E-state index is 11.9. The van der Waals surface area contributed by atoms with Crippen LogP contribution < -0.4 is 4.74 Å². The Labute approximate surface area is 144 Å². The van der Waals surface area contributed by atoms with Crippen molar-refractivity contribution >= 4 is 11.5 Å². The molecule has 0 saturated carbocycles. The molecular weight excluding hydrogens is 306 g/mol. The Kier molecular flexibility index (Phi) is 9.73. The Bertz CT molecular complexity index is 528. The number of nitro benzene ring substituents is 1. The smallest absolute Gasteiger partial charge is 0.311 e. The third-order valence-electron chi connectivity index (χ3n) is 3.96. The lowest BCUT2D eigenvalue weighted by molar-refractivity contribution is -0.385. The Morgan fingerprint density at radius 2 is 1.71 bits per heavy atom. The Balaban J connectivity index is 2.49. The highest BCUT2D eigenvalue weighted by molar-refractivity contribution is 5.96. The number of benzene rings is 1. The number of ether oxygens (including phenoxy) is 1. The zero-order valence-electron chi connectivity index (χ0n) is 14.9. The quantitative estimate of drug-likeness (QED) is 0.200. The van der Waals surface area contributed by atoms with E-state index in [0.717, 1.165) is 19.3 Å². The first-order valence-corrected chi connectivity index (χ1v) is 9.04. The van der Waals surface area contributed by atoms with Crippen LogP contribution in [0.15, 0.2) is 18.2 Å². The maximum Gasteiger partial charge on any atom is 0.311 e. The molecule has 0 aliphatic carbocycles. The normalized spacial score (nSPS) is 10.6. The SMILES string of the molecule is CCCCCCCCCOc1ccc(C(=O)CCC)cc1[N+](=O)[O-]. The van der Waals surface area contributed by atoms with Crippen LogP contribution in [-0.2, 0) is 0 Å². The minimum absolute atomic E-state index is 0.0702. The van der Waals surface area contributed by atoms with Gasteiger partial charge in [-0.15, -0.1) is 0 Å². The number of nitro groups is 1. The molecule has 0 heterocycles. The van der Waals surface area contributed by atoms with Crippen molar-refractivity contribution in [2.45, 2.75) is 71.6 Å². The van der Waals surface area contributed by atoms with Gasteiger partial charge in [-0.1, -0.05) is 52.4 Å². The summed E-state index contributed by atoms with van der Waals surface area (Å²) in [7, 11) is 0. The fourth-order valence-corrected chi connectivity index (χ4v) is 2.57. The molecule has 5 nitrogen and oxygen atoms in total.